The number of hydrogen-bond acceptors (Lipinski definition) is 4. The van der Waals surface area contributed by atoms with Crippen molar-refractivity contribution in [3.05, 3.63) is 92.9 Å². The quantitative estimate of drug-likeness (QED) is 0.411. The highest BCUT2D eigenvalue weighted by Crippen LogP contribution is 2.49. The molecule has 8 heteroatoms. The summed E-state index contributed by atoms with van der Waals surface area (Å²) in [5.74, 6) is -1.49. The molecule has 3 aromatic rings. The maximum atomic E-state index is 13.6. The van der Waals surface area contributed by atoms with E-state index in [-0.39, 0.29) is 5.91 Å². The third-order valence-electron chi connectivity index (χ3n) is 5.47. The number of rotatable bonds is 3. The molecule has 0 aliphatic carbocycles. The van der Waals surface area contributed by atoms with Crippen LogP contribution in [-0.4, -0.2) is 17.9 Å². The summed E-state index contributed by atoms with van der Waals surface area (Å²) in [6, 6.07) is 20.9. The van der Waals surface area contributed by atoms with Gasteiger partial charge < -0.3 is 0 Å². The Morgan fingerprint density at radius 3 is 2.29 bits per heavy atom. The predicted octanol–water partition coefficient (Wildman–Crippen LogP) is 5.81. The van der Waals surface area contributed by atoms with Gasteiger partial charge in [0.1, 0.15) is 5.92 Å². The molecule has 3 atom stereocenters. The Bertz CT molecular complexity index is 1190. The average Bonchev–Trinajstić information content (AvgIpc) is 3.25. The number of para-hydroxylation sites is 1. The number of halogens is 3. The van der Waals surface area contributed by atoms with Crippen LogP contribution in [0.5, 0.6) is 0 Å². The number of carbonyl (C=O) groups excluding carboxylic acids is 2. The molecule has 156 valence electrons. The Hall–Kier alpha value is -2.38. The fraction of sp³-hybridized carbons (Fsp3) is 0.130. The van der Waals surface area contributed by atoms with E-state index in [2.05, 4.69) is 15.9 Å². The Morgan fingerprint density at radius 2 is 1.58 bits per heavy atom. The molecule has 5 rings (SSSR count). The summed E-state index contributed by atoms with van der Waals surface area (Å²) >= 11 is 16.0. The number of carbonyl (C=O) groups is 2. The number of benzene rings is 3. The number of anilines is 2. The largest absolute Gasteiger partial charge is 0.273 e. The lowest BCUT2D eigenvalue weighted by Gasteiger charge is -2.29. The molecule has 31 heavy (non-hydrogen) atoms. The van der Waals surface area contributed by atoms with E-state index in [9.17, 15) is 9.59 Å². The van der Waals surface area contributed by atoms with Crippen molar-refractivity contribution in [2.75, 3.05) is 9.96 Å². The molecule has 2 fully saturated rings. The molecule has 5 nitrogen and oxygen atoms in total. The van der Waals surface area contributed by atoms with Gasteiger partial charge in [-0.2, -0.15) is 0 Å². The van der Waals surface area contributed by atoms with Gasteiger partial charge in [-0.25, -0.2) is 9.96 Å². The average molecular weight is 518 g/mol. The summed E-state index contributed by atoms with van der Waals surface area (Å²) in [4.78, 5) is 34.1. The maximum Gasteiger partial charge on any atom is 0.266 e. The third kappa shape index (κ3) is 3.44. The van der Waals surface area contributed by atoms with Gasteiger partial charge in [-0.1, -0.05) is 69.5 Å². The van der Waals surface area contributed by atoms with Gasteiger partial charge in [-0.05, 0) is 48.0 Å². The fourth-order valence-corrected chi connectivity index (χ4v) is 5.05. The zero-order valence-corrected chi connectivity index (χ0v) is 19.0. The van der Waals surface area contributed by atoms with Gasteiger partial charge in [0.2, 0.25) is 5.91 Å². The summed E-state index contributed by atoms with van der Waals surface area (Å²) in [6.45, 7) is 0. The number of fused-ring (bicyclic) bond motifs is 1. The van der Waals surface area contributed by atoms with Crippen molar-refractivity contribution in [3.63, 3.8) is 0 Å². The van der Waals surface area contributed by atoms with Crippen molar-refractivity contribution in [2.24, 2.45) is 5.92 Å². The van der Waals surface area contributed by atoms with Crippen LogP contribution in [0.3, 0.4) is 0 Å². The number of hydroxylamine groups is 1. The second-order valence-corrected chi connectivity index (χ2v) is 9.07. The summed E-state index contributed by atoms with van der Waals surface area (Å²) in [5, 5.41) is 2.50. The van der Waals surface area contributed by atoms with Crippen molar-refractivity contribution in [2.45, 2.75) is 12.1 Å². The third-order valence-corrected chi connectivity index (χ3v) is 6.53. The monoisotopic (exact) mass is 516 g/mol. The lowest BCUT2D eigenvalue weighted by atomic mass is 9.90. The first kappa shape index (κ1) is 20.5. The van der Waals surface area contributed by atoms with Crippen LogP contribution < -0.4 is 9.96 Å². The van der Waals surface area contributed by atoms with E-state index in [0.717, 1.165) is 10.2 Å². The molecule has 0 aromatic heterocycles. The van der Waals surface area contributed by atoms with Gasteiger partial charge in [-0.3, -0.25) is 14.4 Å². The molecule has 2 aliphatic rings. The number of nitrogens with zero attached hydrogens (tertiary/aromatic N) is 2. The SMILES string of the molecule is O=C1[C@H]2[C@@H](ON(c3ccccc3)[C@H]2c2ccc(Cl)cc2Cl)C(=O)N1c1cccc(Br)c1. The lowest BCUT2D eigenvalue weighted by Crippen LogP contribution is -2.37. The number of amides is 2. The van der Waals surface area contributed by atoms with E-state index in [1.54, 1.807) is 41.5 Å². The zero-order valence-electron chi connectivity index (χ0n) is 15.9. The molecular formula is C23H15BrCl2N2O3. The molecule has 2 aliphatic heterocycles. The van der Waals surface area contributed by atoms with E-state index < -0.39 is 24.0 Å². The van der Waals surface area contributed by atoms with Crippen molar-refractivity contribution < 1.29 is 14.4 Å². The van der Waals surface area contributed by atoms with E-state index in [0.29, 0.717) is 21.3 Å². The van der Waals surface area contributed by atoms with Gasteiger partial charge >= 0.3 is 0 Å². The van der Waals surface area contributed by atoms with Crippen LogP contribution in [0.25, 0.3) is 0 Å². The standard InChI is InChI=1S/C23H15BrCl2N2O3/c24-13-5-4-8-16(11-13)27-22(29)19-20(17-10-9-14(25)12-18(17)26)28(31-21(19)23(27)30)15-6-2-1-3-7-15/h1-12,19-21H/t19-,20+,21-/m1/s1. The van der Waals surface area contributed by atoms with Gasteiger partial charge in [0.05, 0.1) is 17.4 Å². The van der Waals surface area contributed by atoms with E-state index in [1.165, 1.54) is 4.90 Å². The Morgan fingerprint density at radius 1 is 0.839 bits per heavy atom. The van der Waals surface area contributed by atoms with Crippen molar-refractivity contribution in [3.8, 4) is 0 Å². The molecule has 2 saturated heterocycles. The summed E-state index contributed by atoms with van der Waals surface area (Å²) in [6.07, 6.45) is -0.955. The highest BCUT2D eigenvalue weighted by atomic mass is 79.9. The highest BCUT2D eigenvalue weighted by Gasteiger charge is 2.60. The molecule has 0 bridgehead atoms. The Kier molecular flexibility index (Phi) is 5.26. The van der Waals surface area contributed by atoms with Crippen LogP contribution in [0, 0.1) is 5.92 Å². The first-order valence-electron chi connectivity index (χ1n) is 9.55. The van der Waals surface area contributed by atoms with Crippen molar-refractivity contribution >= 4 is 62.3 Å². The van der Waals surface area contributed by atoms with Crippen molar-refractivity contribution in [1.82, 2.24) is 0 Å². The molecule has 2 heterocycles. The molecule has 3 aromatic carbocycles. The van der Waals surface area contributed by atoms with Crippen LogP contribution in [0.4, 0.5) is 11.4 Å². The topological polar surface area (TPSA) is 49.9 Å². The first-order chi connectivity index (χ1) is 15.0. The fourth-order valence-electron chi connectivity index (χ4n) is 4.14. The lowest BCUT2D eigenvalue weighted by molar-refractivity contribution is -0.126. The smallest absolute Gasteiger partial charge is 0.266 e. The molecule has 2 amide bonds. The highest BCUT2D eigenvalue weighted by molar-refractivity contribution is 9.10. The molecule has 0 N–H and O–H groups in total. The minimum atomic E-state index is -0.955. The van der Waals surface area contributed by atoms with E-state index in [1.807, 2.05) is 36.4 Å². The molecule has 0 saturated carbocycles. The summed E-state index contributed by atoms with van der Waals surface area (Å²) in [5.41, 5.74) is 1.89. The van der Waals surface area contributed by atoms with Gasteiger partial charge in [0.25, 0.3) is 5.91 Å². The molecule has 0 radical (unpaired) electrons. The van der Waals surface area contributed by atoms with Crippen LogP contribution in [0.2, 0.25) is 10.0 Å². The van der Waals surface area contributed by atoms with Crippen LogP contribution in [0.15, 0.2) is 77.3 Å². The summed E-state index contributed by atoms with van der Waals surface area (Å²) < 4.78 is 0.770. The van der Waals surface area contributed by atoms with Crippen LogP contribution >= 0.6 is 39.1 Å². The van der Waals surface area contributed by atoms with E-state index in [4.69, 9.17) is 28.0 Å². The summed E-state index contributed by atoms with van der Waals surface area (Å²) in [7, 11) is 0. The molecule has 0 unspecified atom stereocenters. The normalized spacial score (nSPS) is 22.9. The second kappa shape index (κ2) is 7.95. The molecular weight excluding hydrogens is 503 g/mol. The van der Waals surface area contributed by atoms with Crippen LogP contribution in [-0.2, 0) is 14.4 Å². The van der Waals surface area contributed by atoms with Gasteiger partial charge in [0.15, 0.2) is 6.10 Å². The Labute approximate surface area is 197 Å². The van der Waals surface area contributed by atoms with Crippen molar-refractivity contribution in [1.29, 1.82) is 0 Å². The predicted molar refractivity (Wildman–Crippen MR) is 123 cm³/mol. The molecule has 0 spiro atoms. The first-order valence-corrected chi connectivity index (χ1v) is 11.1. The Balaban J connectivity index is 1.62. The van der Waals surface area contributed by atoms with E-state index >= 15 is 0 Å². The number of imide groups is 1. The zero-order chi connectivity index (χ0) is 21.7. The number of hydrogen-bond donors (Lipinski definition) is 0. The minimum Gasteiger partial charge on any atom is -0.273 e. The van der Waals surface area contributed by atoms with Crippen LogP contribution in [0.1, 0.15) is 11.6 Å². The van der Waals surface area contributed by atoms with Gasteiger partial charge in [-0.15, -0.1) is 0 Å². The van der Waals surface area contributed by atoms with Gasteiger partial charge in [0, 0.05) is 14.5 Å². The second-order valence-electron chi connectivity index (χ2n) is 7.32. The minimum absolute atomic E-state index is 0.331. The maximum absolute atomic E-state index is 13.6.